The Labute approximate surface area is 123 Å². The highest BCUT2D eigenvalue weighted by Gasteiger charge is 2.18. The van der Waals surface area contributed by atoms with Gasteiger partial charge in [-0.05, 0) is 17.7 Å². The average molecular weight is 290 g/mol. The van der Waals surface area contributed by atoms with Gasteiger partial charge < -0.3 is 4.90 Å². The molecule has 2 aromatic rings. The third kappa shape index (κ3) is 3.23. The van der Waals surface area contributed by atoms with Crippen LogP contribution < -0.4 is 4.90 Å². The standard InChI is InChI=1S/C14H16ClN5/c15-13-9-17-10-14(18-13)20-7-5-19(6-8-20)11-12-1-3-16-4-2-12/h1-4,9-10H,5-8,11H2. The van der Waals surface area contributed by atoms with E-state index < -0.39 is 0 Å². The minimum absolute atomic E-state index is 0.446. The maximum Gasteiger partial charge on any atom is 0.149 e. The van der Waals surface area contributed by atoms with E-state index in [9.17, 15) is 0 Å². The van der Waals surface area contributed by atoms with E-state index in [4.69, 9.17) is 11.6 Å². The molecule has 3 heterocycles. The predicted octanol–water partition coefficient (Wildman–Crippen LogP) is 1.85. The molecule has 0 saturated carbocycles. The number of rotatable bonds is 3. The van der Waals surface area contributed by atoms with Gasteiger partial charge in [0.05, 0.1) is 12.4 Å². The highest BCUT2D eigenvalue weighted by Crippen LogP contribution is 2.15. The second-order valence-electron chi connectivity index (χ2n) is 4.82. The van der Waals surface area contributed by atoms with E-state index in [1.165, 1.54) is 5.56 Å². The van der Waals surface area contributed by atoms with Crippen LogP contribution in [0.5, 0.6) is 0 Å². The number of nitrogens with zero attached hydrogens (tertiary/aromatic N) is 5. The smallest absolute Gasteiger partial charge is 0.149 e. The van der Waals surface area contributed by atoms with Crippen LogP contribution >= 0.6 is 11.6 Å². The summed E-state index contributed by atoms with van der Waals surface area (Å²) in [5.41, 5.74) is 1.30. The topological polar surface area (TPSA) is 45.2 Å². The molecule has 0 spiro atoms. The van der Waals surface area contributed by atoms with Crippen molar-refractivity contribution in [2.45, 2.75) is 6.54 Å². The normalized spacial score (nSPS) is 16.4. The highest BCUT2D eigenvalue weighted by molar-refractivity contribution is 6.29. The lowest BCUT2D eigenvalue weighted by molar-refractivity contribution is 0.249. The summed E-state index contributed by atoms with van der Waals surface area (Å²) in [5.74, 6) is 0.862. The summed E-state index contributed by atoms with van der Waals surface area (Å²) in [6, 6.07) is 4.13. The van der Waals surface area contributed by atoms with Gasteiger partial charge in [-0.3, -0.25) is 14.9 Å². The maximum absolute atomic E-state index is 5.88. The van der Waals surface area contributed by atoms with Crippen molar-refractivity contribution in [3.8, 4) is 0 Å². The fourth-order valence-corrected chi connectivity index (χ4v) is 2.51. The van der Waals surface area contributed by atoms with Gasteiger partial charge in [0.1, 0.15) is 11.0 Å². The second kappa shape index (κ2) is 6.15. The van der Waals surface area contributed by atoms with Crippen molar-refractivity contribution in [2.75, 3.05) is 31.1 Å². The zero-order valence-electron chi connectivity index (χ0n) is 11.1. The molecular formula is C14H16ClN5. The van der Waals surface area contributed by atoms with Crippen LogP contribution in [-0.4, -0.2) is 46.0 Å². The molecule has 1 fully saturated rings. The fraction of sp³-hybridized carbons (Fsp3) is 0.357. The Morgan fingerprint density at radius 2 is 1.75 bits per heavy atom. The lowest BCUT2D eigenvalue weighted by atomic mass is 10.2. The van der Waals surface area contributed by atoms with Gasteiger partial charge in [-0.1, -0.05) is 11.6 Å². The molecule has 3 rings (SSSR count). The molecule has 0 radical (unpaired) electrons. The fourth-order valence-electron chi connectivity index (χ4n) is 2.37. The Balaban J connectivity index is 1.57. The summed E-state index contributed by atoms with van der Waals surface area (Å²) in [6.45, 7) is 4.88. The van der Waals surface area contributed by atoms with Gasteiger partial charge in [0.15, 0.2) is 0 Å². The van der Waals surface area contributed by atoms with Crippen LogP contribution in [0.3, 0.4) is 0 Å². The lowest BCUT2D eigenvalue weighted by Gasteiger charge is -2.35. The predicted molar refractivity (Wildman–Crippen MR) is 78.8 cm³/mol. The monoisotopic (exact) mass is 289 g/mol. The second-order valence-corrected chi connectivity index (χ2v) is 5.21. The first kappa shape index (κ1) is 13.3. The summed E-state index contributed by atoms with van der Waals surface area (Å²) in [6.07, 6.45) is 7.01. The molecule has 104 valence electrons. The number of piperazine rings is 1. The van der Waals surface area contributed by atoms with Crippen molar-refractivity contribution < 1.29 is 0 Å². The Morgan fingerprint density at radius 3 is 2.45 bits per heavy atom. The van der Waals surface area contributed by atoms with E-state index >= 15 is 0 Å². The van der Waals surface area contributed by atoms with E-state index in [2.05, 4.69) is 36.9 Å². The number of anilines is 1. The quantitative estimate of drug-likeness (QED) is 0.863. The molecule has 0 aromatic carbocycles. The molecule has 0 aliphatic carbocycles. The first-order chi connectivity index (χ1) is 9.81. The minimum Gasteiger partial charge on any atom is -0.353 e. The van der Waals surface area contributed by atoms with Crippen LogP contribution in [0, 0.1) is 0 Å². The number of hydrogen-bond donors (Lipinski definition) is 0. The van der Waals surface area contributed by atoms with Crippen LogP contribution in [0.1, 0.15) is 5.56 Å². The van der Waals surface area contributed by atoms with Crippen LogP contribution in [0.4, 0.5) is 5.82 Å². The molecule has 0 N–H and O–H groups in total. The molecular weight excluding hydrogens is 274 g/mol. The Hall–Kier alpha value is -1.72. The van der Waals surface area contributed by atoms with Gasteiger partial charge in [-0.25, -0.2) is 4.98 Å². The summed E-state index contributed by atoms with van der Waals surface area (Å²) >= 11 is 5.88. The summed E-state index contributed by atoms with van der Waals surface area (Å²) in [4.78, 5) is 17.1. The largest absolute Gasteiger partial charge is 0.353 e. The van der Waals surface area contributed by atoms with Crippen LogP contribution in [0.15, 0.2) is 36.9 Å². The zero-order chi connectivity index (χ0) is 13.8. The first-order valence-corrected chi connectivity index (χ1v) is 7.03. The minimum atomic E-state index is 0.446. The molecule has 1 aliphatic heterocycles. The average Bonchev–Trinajstić information content (AvgIpc) is 2.49. The Bertz CT molecular complexity index is 555. The third-order valence-electron chi connectivity index (χ3n) is 3.44. The summed E-state index contributed by atoms with van der Waals surface area (Å²) < 4.78 is 0. The van der Waals surface area contributed by atoms with Crippen LogP contribution in [-0.2, 0) is 6.54 Å². The van der Waals surface area contributed by atoms with Crippen molar-refractivity contribution >= 4 is 17.4 Å². The number of halogens is 1. The molecule has 1 saturated heterocycles. The number of aromatic nitrogens is 3. The van der Waals surface area contributed by atoms with E-state index in [-0.39, 0.29) is 0 Å². The third-order valence-corrected chi connectivity index (χ3v) is 3.63. The molecule has 2 aromatic heterocycles. The van der Waals surface area contributed by atoms with Gasteiger partial charge >= 0.3 is 0 Å². The van der Waals surface area contributed by atoms with Crippen molar-refractivity contribution in [1.82, 2.24) is 19.9 Å². The van der Waals surface area contributed by atoms with Gasteiger partial charge in [0, 0.05) is 45.1 Å². The molecule has 5 nitrogen and oxygen atoms in total. The van der Waals surface area contributed by atoms with Crippen molar-refractivity contribution in [2.24, 2.45) is 0 Å². The SMILES string of the molecule is Clc1cncc(N2CCN(Cc3ccncc3)CC2)n1. The van der Waals surface area contributed by atoms with Gasteiger partial charge in [0.2, 0.25) is 0 Å². The molecule has 0 unspecified atom stereocenters. The maximum atomic E-state index is 5.88. The molecule has 0 atom stereocenters. The zero-order valence-corrected chi connectivity index (χ0v) is 11.9. The van der Waals surface area contributed by atoms with Gasteiger partial charge in [0.25, 0.3) is 0 Å². The number of hydrogen-bond acceptors (Lipinski definition) is 5. The molecule has 1 aliphatic rings. The van der Waals surface area contributed by atoms with Crippen LogP contribution in [0.25, 0.3) is 0 Å². The van der Waals surface area contributed by atoms with E-state index in [1.54, 1.807) is 12.4 Å². The Morgan fingerprint density at radius 1 is 1.00 bits per heavy atom. The van der Waals surface area contributed by atoms with Gasteiger partial charge in [-0.2, -0.15) is 0 Å². The summed E-state index contributed by atoms with van der Waals surface area (Å²) in [7, 11) is 0. The van der Waals surface area contributed by atoms with E-state index in [0.29, 0.717) is 5.15 Å². The van der Waals surface area contributed by atoms with Crippen molar-refractivity contribution in [1.29, 1.82) is 0 Å². The first-order valence-electron chi connectivity index (χ1n) is 6.65. The van der Waals surface area contributed by atoms with E-state index in [1.807, 2.05) is 12.4 Å². The highest BCUT2D eigenvalue weighted by atomic mass is 35.5. The van der Waals surface area contributed by atoms with Gasteiger partial charge in [-0.15, -0.1) is 0 Å². The van der Waals surface area contributed by atoms with E-state index in [0.717, 1.165) is 38.5 Å². The Kier molecular flexibility index (Phi) is 4.08. The number of pyridine rings is 1. The lowest BCUT2D eigenvalue weighted by Crippen LogP contribution is -2.46. The van der Waals surface area contributed by atoms with Crippen molar-refractivity contribution in [3.63, 3.8) is 0 Å². The molecule has 6 heteroatoms. The van der Waals surface area contributed by atoms with Crippen molar-refractivity contribution in [3.05, 3.63) is 47.6 Å². The molecule has 0 bridgehead atoms. The molecule has 0 amide bonds. The summed E-state index contributed by atoms with van der Waals surface area (Å²) in [5, 5.41) is 0.446. The van der Waals surface area contributed by atoms with Crippen LogP contribution in [0.2, 0.25) is 5.15 Å². The molecule has 20 heavy (non-hydrogen) atoms.